The number of nitrogens with one attached hydrogen (secondary N) is 2. The Bertz CT molecular complexity index is 896. The highest BCUT2D eigenvalue weighted by Gasteiger charge is 2.36. The predicted octanol–water partition coefficient (Wildman–Crippen LogP) is -0.0809. The first-order valence-electron chi connectivity index (χ1n) is 7.33. The van der Waals surface area contributed by atoms with Gasteiger partial charge in [-0.2, -0.15) is 0 Å². The van der Waals surface area contributed by atoms with E-state index in [1.54, 1.807) is 0 Å². The Balaban J connectivity index is 1.96. The Kier molecular flexibility index (Phi) is 3.56. The Morgan fingerprint density at radius 3 is 2.87 bits per heavy atom. The fourth-order valence-corrected chi connectivity index (χ4v) is 2.74. The average molecular weight is 318 g/mol. The van der Waals surface area contributed by atoms with E-state index in [0.717, 1.165) is 6.42 Å². The number of carbonyl (C=O) groups excluding carboxylic acids is 1. The second kappa shape index (κ2) is 5.31. The van der Waals surface area contributed by atoms with Crippen molar-refractivity contribution in [1.29, 1.82) is 0 Å². The van der Waals surface area contributed by atoms with Crippen LogP contribution in [0.4, 0.5) is 0 Å². The molecule has 3 heterocycles. The minimum atomic E-state index is -0.560. The topological polar surface area (TPSA) is 106 Å². The monoisotopic (exact) mass is 318 g/mol. The lowest BCUT2D eigenvalue weighted by Gasteiger charge is -2.26. The number of carbonyl (C=O) groups is 1. The number of hydrogen-bond acceptors (Lipinski definition) is 5. The Labute approximate surface area is 131 Å². The van der Waals surface area contributed by atoms with E-state index in [4.69, 9.17) is 4.74 Å². The van der Waals surface area contributed by atoms with Crippen molar-refractivity contribution in [2.24, 2.45) is 7.05 Å². The van der Waals surface area contributed by atoms with Crippen LogP contribution in [0.3, 0.4) is 0 Å². The van der Waals surface area contributed by atoms with Crippen molar-refractivity contribution in [3.8, 4) is 0 Å². The van der Waals surface area contributed by atoms with Gasteiger partial charge in [-0.25, -0.2) is 9.78 Å². The third kappa shape index (κ3) is 2.65. The average Bonchev–Trinajstić information content (AvgIpc) is 2.83. The normalized spacial score (nSPS) is 19.9. The Morgan fingerprint density at radius 1 is 1.48 bits per heavy atom. The van der Waals surface area contributed by atoms with Gasteiger partial charge in [0.25, 0.3) is 11.5 Å². The van der Waals surface area contributed by atoms with Crippen LogP contribution in [-0.2, 0) is 11.8 Å². The van der Waals surface area contributed by atoms with Crippen LogP contribution in [0.5, 0.6) is 0 Å². The number of ether oxygens (including phenoxy) is 1. The van der Waals surface area contributed by atoms with Crippen LogP contribution in [0.15, 0.2) is 21.9 Å². The molecule has 0 radical (unpaired) electrons. The maximum absolute atomic E-state index is 12.4. The molecule has 0 spiro atoms. The summed E-state index contributed by atoms with van der Waals surface area (Å²) < 4.78 is 6.81. The molecule has 1 unspecified atom stereocenters. The van der Waals surface area contributed by atoms with E-state index in [1.165, 1.54) is 23.9 Å². The molecule has 1 saturated heterocycles. The van der Waals surface area contributed by atoms with Crippen LogP contribution in [0.25, 0.3) is 11.0 Å². The maximum atomic E-state index is 12.4. The number of H-pyrrole nitrogens is 1. The Hall–Kier alpha value is -2.48. The summed E-state index contributed by atoms with van der Waals surface area (Å²) in [6.45, 7) is 4.43. The lowest BCUT2D eigenvalue weighted by Crippen LogP contribution is -2.46. The number of aromatic amines is 1. The first-order chi connectivity index (χ1) is 10.8. The summed E-state index contributed by atoms with van der Waals surface area (Å²) in [5, 5.41) is 3.11. The highest BCUT2D eigenvalue weighted by atomic mass is 16.5. The zero-order chi connectivity index (χ0) is 16.8. The molecule has 3 rings (SSSR count). The maximum Gasteiger partial charge on any atom is 0.329 e. The molecule has 122 valence electrons. The molecule has 2 aromatic rings. The largest absolute Gasteiger partial charge is 0.373 e. The molecule has 1 atom stereocenters. The number of fused-ring (bicyclic) bond motifs is 1. The molecular formula is C15H18N4O4. The second-order valence-corrected chi connectivity index (χ2v) is 6.18. The fraction of sp³-hybridized carbons (Fsp3) is 0.467. The van der Waals surface area contributed by atoms with Crippen LogP contribution in [0.2, 0.25) is 0 Å². The van der Waals surface area contributed by atoms with Crippen molar-refractivity contribution >= 4 is 16.9 Å². The predicted molar refractivity (Wildman–Crippen MR) is 83.5 cm³/mol. The summed E-state index contributed by atoms with van der Waals surface area (Å²) >= 11 is 0. The van der Waals surface area contributed by atoms with Gasteiger partial charge in [0.1, 0.15) is 5.65 Å². The molecule has 0 saturated carbocycles. The van der Waals surface area contributed by atoms with Crippen molar-refractivity contribution in [3.63, 3.8) is 0 Å². The second-order valence-electron chi connectivity index (χ2n) is 6.18. The lowest BCUT2D eigenvalue weighted by atomic mass is 9.99. The van der Waals surface area contributed by atoms with E-state index in [1.807, 2.05) is 13.8 Å². The van der Waals surface area contributed by atoms with Gasteiger partial charge in [-0.15, -0.1) is 0 Å². The number of aryl methyl sites for hydroxylation is 1. The summed E-state index contributed by atoms with van der Waals surface area (Å²) in [5.41, 5.74) is -1.03. The molecule has 0 aliphatic carbocycles. The van der Waals surface area contributed by atoms with Gasteiger partial charge in [0.15, 0.2) is 0 Å². The van der Waals surface area contributed by atoms with E-state index in [-0.39, 0.29) is 28.5 Å². The number of nitrogens with zero attached hydrogens (tertiary/aromatic N) is 2. The molecule has 23 heavy (non-hydrogen) atoms. The van der Waals surface area contributed by atoms with Gasteiger partial charge in [0, 0.05) is 19.9 Å². The highest BCUT2D eigenvalue weighted by Crippen LogP contribution is 2.25. The molecule has 2 N–H and O–H groups in total. The Morgan fingerprint density at radius 2 is 2.22 bits per heavy atom. The van der Waals surface area contributed by atoms with Crippen LogP contribution in [-0.4, -0.2) is 38.7 Å². The molecule has 8 nitrogen and oxygen atoms in total. The van der Waals surface area contributed by atoms with Gasteiger partial charge < -0.3 is 10.1 Å². The van der Waals surface area contributed by atoms with E-state index < -0.39 is 16.9 Å². The molecule has 0 aromatic carbocycles. The SMILES string of the molecule is Cn1c(=O)[nH]c(=O)c2cc(C(=O)NC3CCOC3(C)C)cnc21. The summed E-state index contributed by atoms with van der Waals surface area (Å²) in [5.74, 6) is -0.323. The number of pyridine rings is 1. The first-order valence-corrected chi connectivity index (χ1v) is 7.33. The molecule has 1 aliphatic rings. The van der Waals surface area contributed by atoms with Crippen molar-refractivity contribution < 1.29 is 9.53 Å². The van der Waals surface area contributed by atoms with Crippen molar-refractivity contribution in [3.05, 3.63) is 38.7 Å². The lowest BCUT2D eigenvalue weighted by molar-refractivity contribution is 0.0213. The quantitative estimate of drug-likeness (QED) is 0.805. The van der Waals surface area contributed by atoms with Crippen LogP contribution in [0, 0.1) is 0 Å². The van der Waals surface area contributed by atoms with Gasteiger partial charge in [0.2, 0.25) is 0 Å². The van der Waals surface area contributed by atoms with Crippen LogP contribution >= 0.6 is 0 Å². The third-order valence-electron chi connectivity index (χ3n) is 4.24. The zero-order valence-corrected chi connectivity index (χ0v) is 13.2. The smallest absolute Gasteiger partial charge is 0.329 e. The van der Waals surface area contributed by atoms with E-state index >= 15 is 0 Å². The van der Waals surface area contributed by atoms with Crippen molar-refractivity contribution in [1.82, 2.24) is 19.9 Å². The van der Waals surface area contributed by atoms with Crippen molar-refractivity contribution in [2.45, 2.75) is 31.9 Å². The number of amides is 1. The number of hydrogen-bond donors (Lipinski definition) is 2. The van der Waals surface area contributed by atoms with Crippen LogP contribution < -0.4 is 16.6 Å². The minimum Gasteiger partial charge on any atom is -0.373 e. The van der Waals surface area contributed by atoms with E-state index in [2.05, 4.69) is 15.3 Å². The highest BCUT2D eigenvalue weighted by molar-refractivity contribution is 5.96. The van der Waals surface area contributed by atoms with Crippen molar-refractivity contribution in [2.75, 3.05) is 6.61 Å². The van der Waals surface area contributed by atoms with Gasteiger partial charge in [-0.1, -0.05) is 0 Å². The van der Waals surface area contributed by atoms with Crippen LogP contribution in [0.1, 0.15) is 30.6 Å². The fourth-order valence-electron chi connectivity index (χ4n) is 2.74. The summed E-state index contributed by atoms with van der Waals surface area (Å²) in [6.07, 6.45) is 2.09. The van der Waals surface area contributed by atoms with Gasteiger partial charge in [0.05, 0.1) is 22.6 Å². The van der Waals surface area contributed by atoms with E-state index in [0.29, 0.717) is 6.61 Å². The number of aromatic nitrogens is 3. The molecular weight excluding hydrogens is 300 g/mol. The molecule has 8 heteroatoms. The summed E-state index contributed by atoms with van der Waals surface area (Å²) in [7, 11) is 1.51. The first kappa shape index (κ1) is 15.4. The minimum absolute atomic E-state index is 0.107. The zero-order valence-electron chi connectivity index (χ0n) is 13.2. The van der Waals surface area contributed by atoms with E-state index in [9.17, 15) is 14.4 Å². The van der Waals surface area contributed by atoms with Gasteiger partial charge in [-0.05, 0) is 26.3 Å². The molecule has 0 bridgehead atoms. The summed E-state index contributed by atoms with van der Waals surface area (Å²) in [6, 6.07) is 1.34. The summed E-state index contributed by atoms with van der Waals surface area (Å²) in [4.78, 5) is 42.1. The standard InChI is InChI=1S/C15H18N4O4/c1-15(2)10(4-5-23-15)17-12(20)8-6-9-11(16-7-8)19(3)14(22)18-13(9)21/h6-7,10H,4-5H2,1-3H3,(H,17,20)(H,18,21,22). The molecule has 1 aliphatic heterocycles. The van der Waals surface area contributed by atoms with Gasteiger partial charge >= 0.3 is 5.69 Å². The number of rotatable bonds is 2. The molecule has 2 aromatic heterocycles. The van der Waals surface area contributed by atoms with Gasteiger partial charge in [-0.3, -0.25) is 19.1 Å². The third-order valence-corrected chi connectivity index (χ3v) is 4.24. The molecule has 1 fully saturated rings. The molecule has 1 amide bonds.